The van der Waals surface area contributed by atoms with Crippen molar-refractivity contribution in [2.75, 3.05) is 18.5 Å². The Balaban J connectivity index is 1.68. The first kappa shape index (κ1) is 21.0. The van der Waals surface area contributed by atoms with Gasteiger partial charge in [0.1, 0.15) is 11.3 Å². The molecule has 3 rings (SSSR count). The molecule has 152 valence electrons. The average molecular weight is 437 g/mol. The predicted molar refractivity (Wildman–Crippen MR) is 110 cm³/mol. The third-order valence-electron chi connectivity index (χ3n) is 4.10. The smallest absolute Gasteiger partial charge is 0.375 e. The molecule has 0 spiro atoms. The number of aromatic nitrogens is 1. The number of benzene rings is 1. The molecule has 0 aliphatic heterocycles. The van der Waals surface area contributed by atoms with Crippen LogP contribution in [0, 0.1) is 13.8 Å². The molecule has 0 aliphatic carbocycles. The van der Waals surface area contributed by atoms with E-state index in [1.165, 1.54) is 6.07 Å². The zero-order valence-corrected chi connectivity index (χ0v) is 17.5. The van der Waals surface area contributed by atoms with Crippen molar-refractivity contribution in [3.05, 3.63) is 51.3 Å². The molecule has 1 N–H and O–H groups in total. The standard InChI is InChI=1S/C20H18Cl2N2O5/c1-4-27-12-5-6-16-13(7-12)10(2)18(29-16)20(26)28-9-17(25)24-19-15(22)8-14(21)11(3)23-19/h5-8H,4,9H2,1-3H3,(H,23,24,25). The van der Waals surface area contributed by atoms with Gasteiger partial charge in [-0.25, -0.2) is 9.78 Å². The van der Waals surface area contributed by atoms with Crippen molar-refractivity contribution in [1.82, 2.24) is 4.98 Å². The molecule has 0 atom stereocenters. The number of fused-ring (bicyclic) bond motifs is 1. The Labute approximate surface area is 176 Å². The van der Waals surface area contributed by atoms with Gasteiger partial charge in [-0.3, -0.25) is 4.79 Å². The summed E-state index contributed by atoms with van der Waals surface area (Å²) in [7, 11) is 0. The third kappa shape index (κ3) is 4.63. The Morgan fingerprint density at radius 2 is 1.93 bits per heavy atom. The molecule has 0 bridgehead atoms. The number of carbonyl (C=O) groups is 2. The largest absolute Gasteiger partial charge is 0.494 e. The number of nitrogens with zero attached hydrogens (tertiary/aromatic N) is 1. The number of hydrogen-bond donors (Lipinski definition) is 1. The minimum atomic E-state index is -0.752. The van der Waals surface area contributed by atoms with Gasteiger partial charge in [0.15, 0.2) is 12.4 Å². The summed E-state index contributed by atoms with van der Waals surface area (Å²) in [6.45, 7) is 5.29. The van der Waals surface area contributed by atoms with Crippen molar-refractivity contribution in [2.45, 2.75) is 20.8 Å². The number of aryl methyl sites for hydroxylation is 2. The minimum absolute atomic E-state index is 0.0277. The van der Waals surface area contributed by atoms with Gasteiger partial charge in [0, 0.05) is 10.9 Å². The van der Waals surface area contributed by atoms with E-state index in [4.69, 9.17) is 37.1 Å². The summed E-state index contributed by atoms with van der Waals surface area (Å²) >= 11 is 11.9. The van der Waals surface area contributed by atoms with Crippen molar-refractivity contribution < 1.29 is 23.5 Å². The molecule has 3 aromatic rings. The second-order valence-electron chi connectivity index (χ2n) is 6.16. The monoisotopic (exact) mass is 436 g/mol. The van der Waals surface area contributed by atoms with E-state index in [0.29, 0.717) is 34.2 Å². The number of esters is 1. The van der Waals surface area contributed by atoms with Crippen molar-refractivity contribution in [1.29, 1.82) is 0 Å². The fourth-order valence-electron chi connectivity index (χ4n) is 2.66. The number of carbonyl (C=O) groups excluding carboxylic acids is 2. The summed E-state index contributed by atoms with van der Waals surface area (Å²) in [5.41, 5.74) is 1.63. The lowest BCUT2D eigenvalue weighted by Gasteiger charge is -2.08. The number of pyridine rings is 1. The van der Waals surface area contributed by atoms with Gasteiger partial charge >= 0.3 is 5.97 Å². The molecule has 0 saturated heterocycles. The van der Waals surface area contributed by atoms with Crippen LogP contribution in [-0.2, 0) is 9.53 Å². The van der Waals surface area contributed by atoms with E-state index in [-0.39, 0.29) is 16.6 Å². The Kier molecular flexibility index (Phi) is 6.30. The lowest BCUT2D eigenvalue weighted by atomic mass is 10.1. The fourth-order valence-corrected chi connectivity index (χ4v) is 3.07. The number of amides is 1. The summed E-state index contributed by atoms with van der Waals surface area (Å²) in [5.74, 6) is -0.510. The van der Waals surface area contributed by atoms with Crippen LogP contribution in [0.15, 0.2) is 28.7 Å². The maximum Gasteiger partial charge on any atom is 0.375 e. The summed E-state index contributed by atoms with van der Waals surface area (Å²) in [6.07, 6.45) is 0. The number of anilines is 1. The van der Waals surface area contributed by atoms with Gasteiger partial charge in [-0.05, 0) is 45.0 Å². The number of furan rings is 1. The Bertz CT molecular complexity index is 1090. The van der Waals surface area contributed by atoms with Crippen LogP contribution in [0.2, 0.25) is 10.0 Å². The molecule has 0 aliphatic rings. The van der Waals surface area contributed by atoms with E-state index in [0.717, 1.165) is 5.39 Å². The summed E-state index contributed by atoms with van der Waals surface area (Å²) < 4.78 is 16.1. The molecule has 9 heteroatoms. The third-order valence-corrected chi connectivity index (χ3v) is 4.77. The van der Waals surface area contributed by atoms with Gasteiger partial charge in [-0.1, -0.05) is 23.2 Å². The van der Waals surface area contributed by atoms with Gasteiger partial charge in [0.2, 0.25) is 5.76 Å². The van der Waals surface area contributed by atoms with Gasteiger partial charge < -0.3 is 19.2 Å². The SMILES string of the molecule is CCOc1ccc2oc(C(=O)OCC(=O)Nc3nc(C)c(Cl)cc3Cl)c(C)c2c1. The number of halogens is 2. The van der Waals surface area contributed by atoms with E-state index in [1.807, 2.05) is 6.92 Å². The van der Waals surface area contributed by atoms with Crippen molar-refractivity contribution in [3.8, 4) is 5.75 Å². The predicted octanol–water partition coefficient (Wildman–Crippen LogP) is 4.95. The average Bonchev–Trinajstić information content (AvgIpc) is 3.01. The van der Waals surface area contributed by atoms with Crippen LogP contribution in [0.25, 0.3) is 11.0 Å². The van der Waals surface area contributed by atoms with Crippen LogP contribution in [-0.4, -0.2) is 30.1 Å². The van der Waals surface area contributed by atoms with Gasteiger partial charge in [0.05, 0.1) is 22.3 Å². The highest BCUT2D eigenvalue weighted by atomic mass is 35.5. The molecule has 7 nitrogen and oxygen atoms in total. The second kappa shape index (κ2) is 8.71. The van der Waals surface area contributed by atoms with Crippen LogP contribution < -0.4 is 10.1 Å². The summed E-state index contributed by atoms with van der Waals surface area (Å²) in [4.78, 5) is 28.6. The topological polar surface area (TPSA) is 90.7 Å². The first-order valence-electron chi connectivity index (χ1n) is 8.75. The lowest BCUT2D eigenvalue weighted by Crippen LogP contribution is -2.22. The normalized spacial score (nSPS) is 10.8. The second-order valence-corrected chi connectivity index (χ2v) is 6.97. The van der Waals surface area contributed by atoms with Crippen LogP contribution in [0.1, 0.15) is 28.7 Å². The molecular weight excluding hydrogens is 419 g/mol. The zero-order valence-electron chi connectivity index (χ0n) is 16.0. The van der Waals surface area contributed by atoms with Gasteiger partial charge in [-0.15, -0.1) is 0 Å². The van der Waals surface area contributed by atoms with Crippen LogP contribution >= 0.6 is 23.2 Å². The molecular formula is C20H18Cl2N2O5. The van der Waals surface area contributed by atoms with Crippen molar-refractivity contribution in [3.63, 3.8) is 0 Å². The van der Waals surface area contributed by atoms with E-state index in [9.17, 15) is 9.59 Å². The highest BCUT2D eigenvalue weighted by Gasteiger charge is 2.21. The Morgan fingerprint density at radius 3 is 2.66 bits per heavy atom. The van der Waals surface area contributed by atoms with Crippen LogP contribution in [0.5, 0.6) is 5.75 Å². The molecule has 1 amide bonds. The molecule has 2 heterocycles. The van der Waals surface area contributed by atoms with Gasteiger partial charge in [0.25, 0.3) is 5.91 Å². The summed E-state index contributed by atoms with van der Waals surface area (Å²) in [6, 6.07) is 6.73. The Morgan fingerprint density at radius 1 is 1.17 bits per heavy atom. The van der Waals surface area contributed by atoms with Gasteiger partial charge in [-0.2, -0.15) is 0 Å². The molecule has 29 heavy (non-hydrogen) atoms. The molecule has 0 saturated carbocycles. The van der Waals surface area contributed by atoms with E-state index in [1.54, 1.807) is 32.0 Å². The molecule has 0 fully saturated rings. The van der Waals surface area contributed by atoms with Crippen LogP contribution in [0.3, 0.4) is 0 Å². The summed E-state index contributed by atoms with van der Waals surface area (Å²) in [5, 5.41) is 3.78. The van der Waals surface area contributed by atoms with E-state index >= 15 is 0 Å². The maximum absolute atomic E-state index is 12.4. The van der Waals surface area contributed by atoms with E-state index in [2.05, 4.69) is 10.3 Å². The quantitative estimate of drug-likeness (QED) is 0.549. The molecule has 2 aromatic heterocycles. The first-order chi connectivity index (χ1) is 13.8. The minimum Gasteiger partial charge on any atom is -0.494 e. The number of hydrogen-bond acceptors (Lipinski definition) is 6. The molecule has 1 aromatic carbocycles. The highest BCUT2D eigenvalue weighted by molar-refractivity contribution is 6.36. The Hall–Kier alpha value is -2.77. The zero-order chi connectivity index (χ0) is 21.1. The lowest BCUT2D eigenvalue weighted by molar-refractivity contribution is -0.119. The highest BCUT2D eigenvalue weighted by Crippen LogP contribution is 2.29. The molecule has 0 radical (unpaired) electrons. The van der Waals surface area contributed by atoms with Crippen molar-refractivity contribution in [2.24, 2.45) is 0 Å². The maximum atomic E-state index is 12.4. The number of ether oxygens (including phenoxy) is 2. The fraction of sp³-hybridized carbons (Fsp3) is 0.250. The van der Waals surface area contributed by atoms with Crippen LogP contribution in [0.4, 0.5) is 5.82 Å². The van der Waals surface area contributed by atoms with E-state index < -0.39 is 18.5 Å². The van der Waals surface area contributed by atoms with Crippen molar-refractivity contribution >= 4 is 51.9 Å². The first-order valence-corrected chi connectivity index (χ1v) is 9.51. The molecule has 0 unspecified atom stereocenters. The number of nitrogens with one attached hydrogen (secondary N) is 1. The number of rotatable bonds is 6.